The molecule has 0 amide bonds. The molecule has 2 heterocycles. The Balaban J connectivity index is 1.23. The Labute approximate surface area is 185 Å². The minimum absolute atomic E-state index is 0.00354. The summed E-state index contributed by atoms with van der Waals surface area (Å²) in [4.78, 5) is 25.5. The van der Waals surface area contributed by atoms with Gasteiger partial charge in [-0.15, -0.1) is 0 Å². The molecule has 11 heteroatoms. The molecule has 6 aliphatic rings. The van der Waals surface area contributed by atoms with Gasteiger partial charge >= 0.3 is 27.3 Å². The summed E-state index contributed by atoms with van der Waals surface area (Å²) in [6.07, 6.45) is 6.74. The molecule has 0 aromatic heterocycles. The summed E-state index contributed by atoms with van der Waals surface area (Å²) >= 11 is 0. The van der Waals surface area contributed by atoms with E-state index >= 15 is 0 Å². The average Bonchev–Trinajstić information content (AvgIpc) is 3.30. The van der Waals surface area contributed by atoms with Crippen LogP contribution in [0.4, 0.5) is 8.78 Å². The first kappa shape index (κ1) is 22.5. The summed E-state index contributed by atoms with van der Waals surface area (Å²) in [5, 5.41) is -4.63. The van der Waals surface area contributed by atoms with Gasteiger partial charge in [0.05, 0.1) is 30.7 Å². The van der Waals surface area contributed by atoms with E-state index < -0.39 is 58.0 Å². The van der Waals surface area contributed by atoms with Crippen LogP contribution in [0.25, 0.3) is 0 Å². The zero-order chi connectivity index (χ0) is 22.9. The Hall–Kier alpha value is -1.33. The van der Waals surface area contributed by atoms with Gasteiger partial charge in [-0.2, -0.15) is 17.2 Å². The van der Waals surface area contributed by atoms with Gasteiger partial charge in [0.2, 0.25) is 0 Å². The molecule has 0 spiro atoms. The molecule has 4 unspecified atom stereocenters. The number of rotatable bonds is 7. The fourth-order valence-electron chi connectivity index (χ4n) is 7.39. The van der Waals surface area contributed by atoms with Gasteiger partial charge < -0.3 is 14.2 Å². The van der Waals surface area contributed by atoms with Crippen molar-refractivity contribution < 1.29 is 45.6 Å². The number of ether oxygens (including phenoxy) is 3. The molecule has 6 fully saturated rings. The summed E-state index contributed by atoms with van der Waals surface area (Å²) in [5.41, 5.74) is -0.00354. The number of esters is 2. The number of carbonyl (C=O) groups is 2. The smallest absolute Gasteiger partial charge is 0.402 e. The number of carbonyl (C=O) groups excluding carboxylic acids is 2. The molecule has 0 aromatic carbocycles. The fourth-order valence-corrected chi connectivity index (χ4v) is 7.60. The topological polar surface area (TPSA) is 116 Å². The van der Waals surface area contributed by atoms with Crippen molar-refractivity contribution in [2.45, 2.75) is 68.8 Å². The van der Waals surface area contributed by atoms with E-state index in [4.69, 9.17) is 14.0 Å². The lowest BCUT2D eigenvalue weighted by Crippen LogP contribution is -2.49. The maximum atomic E-state index is 13.5. The number of fused-ring (bicyclic) bond motifs is 2. The highest BCUT2D eigenvalue weighted by Crippen LogP contribution is 2.60. The van der Waals surface area contributed by atoms with E-state index in [0.29, 0.717) is 37.2 Å². The predicted molar refractivity (Wildman–Crippen MR) is 104 cm³/mol. The van der Waals surface area contributed by atoms with Gasteiger partial charge in [0.1, 0.15) is 0 Å². The Bertz CT molecular complexity index is 868. The van der Waals surface area contributed by atoms with Crippen molar-refractivity contribution in [3.8, 4) is 0 Å². The molecule has 0 radical (unpaired) electrons. The van der Waals surface area contributed by atoms with Crippen molar-refractivity contribution in [1.29, 1.82) is 0 Å². The van der Waals surface area contributed by atoms with Crippen LogP contribution in [0.15, 0.2) is 0 Å². The van der Waals surface area contributed by atoms with Crippen molar-refractivity contribution >= 4 is 22.1 Å². The van der Waals surface area contributed by atoms with Crippen LogP contribution in [0.1, 0.15) is 51.4 Å². The van der Waals surface area contributed by atoms with Crippen LogP contribution in [0.2, 0.25) is 0 Å². The van der Waals surface area contributed by atoms with Gasteiger partial charge in [0.25, 0.3) is 0 Å². The van der Waals surface area contributed by atoms with Gasteiger partial charge in [-0.1, -0.05) is 0 Å². The molecule has 8 nitrogen and oxygen atoms in total. The van der Waals surface area contributed by atoms with Crippen LogP contribution in [0, 0.1) is 35.0 Å². The molecule has 4 saturated carbocycles. The normalized spacial score (nSPS) is 42.3. The number of alkyl halides is 2. The Morgan fingerprint density at radius 1 is 0.938 bits per heavy atom. The van der Waals surface area contributed by atoms with Crippen molar-refractivity contribution in [3.63, 3.8) is 0 Å². The monoisotopic (exact) mass is 478 g/mol. The zero-order valence-corrected chi connectivity index (χ0v) is 18.4. The van der Waals surface area contributed by atoms with Crippen molar-refractivity contribution in [2.75, 3.05) is 13.2 Å². The third kappa shape index (κ3) is 3.83. The van der Waals surface area contributed by atoms with Crippen LogP contribution in [-0.2, 0) is 33.9 Å². The van der Waals surface area contributed by atoms with Crippen LogP contribution in [-0.4, -0.2) is 55.6 Å². The molecule has 180 valence electrons. The standard InChI is InChI=1S/C21H28F2O8S/c22-21(23,32(26,27)28)10-30-19(25)17-15-2-1-14(31-15)16(17)18(24)29-9-20-6-11-3-12(7-20)5-13(4-11)8-20/h11-17H,1-10H2,(H,26,27,28). The molecule has 4 atom stereocenters. The first-order chi connectivity index (χ1) is 15.0. The van der Waals surface area contributed by atoms with Gasteiger partial charge in [-0.25, -0.2) is 0 Å². The summed E-state index contributed by atoms with van der Waals surface area (Å²) < 4.78 is 72.9. The van der Waals surface area contributed by atoms with E-state index in [-0.39, 0.29) is 5.41 Å². The molecular weight excluding hydrogens is 450 g/mol. The third-order valence-electron chi connectivity index (χ3n) is 8.26. The second-order valence-electron chi connectivity index (χ2n) is 10.6. The molecule has 1 N–H and O–H groups in total. The average molecular weight is 479 g/mol. The number of hydrogen-bond donors (Lipinski definition) is 1. The lowest BCUT2D eigenvalue weighted by atomic mass is 9.50. The van der Waals surface area contributed by atoms with Crippen LogP contribution >= 0.6 is 0 Å². The Morgan fingerprint density at radius 3 is 1.88 bits per heavy atom. The minimum atomic E-state index is -5.73. The van der Waals surface area contributed by atoms with Crippen LogP contribution in [0.3, 0.4) is 0 Å². The number of halogens is 2. The van der Waals surface area contributed by atoms with E-state index in [1.165, 1.54) is 19.3 Å². The summed E-state index contributed by atoms with van der Waals surface area (Å²) in [5.74, 6) is -1.74. The summed E-state index contributed by atoms with van der Waals surface area (Å²) in [6.45, 7) is -1.53. The quantitative estimate of drug-likeness (QED) is 0.438. The molecule has 6 rings (SSSR count). The Kier molecular flexibility index (Phi) is 5.33. The second-order valence-corrected chi connectivity index (χ2v) is 12.1. The van der Waals surface area contributed by atoms with Crippen molar-refractivity contribution in [1.82, 2.24) is 0 Å². The first-order valence-corrected chi connectivity index (χ1v) is 12.7. The van der Waals surface area contributed by atoms with Gasteiger partial charge in [0, 0.05) is 5.41 Å². The van der Waals surface area contributed by atoms with Crippen molar-refractivity contribution in [3.05, 3.63) is 0 Å². The highest BCUT2D eigenvalue weighted by molar-refractivity contribution is 7.86. The fraction of sp³-hybridized carbons (Fsp3) is 0.905. The van der Waals surface area contributed by atoms with E-state index in [0.717, 1.165) is 19.3 Å². The first-order valence-electron chi connectivity index (χ1n) is 11.3. The van der Waals surface area contributed by atoms with Gasteiger partial charge in [-0.3, -0.25) is 14.1 Å². The SMILES string of the molecule is O=C(OCC12CC3CC(CC(C3)C1)C2)C1C2CCC(O2)C1C(=O)OCC(F)(F)S(=O)(=O)O. The zero-order valence-electron chi connectivity index (χ0n) is 17.6. The Morgan fingerprint density at radius 2 is 1.41 bits per heavy atom. The van der Waals surface area contributed by atoms with E-state index in [1.807, 2.05) is 0 Å². The molecule has 4 aliphatic carbocycles. The third-order valence-corrected chi connectivity index (χ3v) is 9.14. The molecule has 0 aromatic rings. The van der Waals surface area contributed by atoms with Crippen molar-refractivity contribution in [2.24, 2.45) is 35.0 Å². The molecular formula is C21H28F2O8S. The highest BCUT2D eigenvalue weighted by Gasteiger charge is 2.58. The summed E-state index contributed by atoms with van der Waals surface area (Å²) in [6, 6.07) is 0. The second kappa shape index (κ2) is 7.59. The lowest BCUT2D eigenvalue weighted by Gasteiger charge is -2.56. The van der Waals surface area contributed by atoms with Gasteiger partial charge in [-0.05, 0) is 69.1 Å². The molecule has 6 bridgehead atoms. The van der Waals surface area contributed by atoms with Gasteiger partial charge in [0.15, 0.2) is 6.61 Å². The molecule has 2 saturated heterocycles. The summed E-state index contributed by atoms with van der Waals surface area (Å²) in [7, 11) is -5.73. The van der Waals surface area contributed by atoms with E-state index in [9.17, 15) is 26.8 Å². The largest absolute Gasteiger partial charge is 0.465 e. The maximum absolute atomic E-state index is 13.5. The lowest BCUT2D eigenvalue weighted by molar-refractivity contribution is -0.169. The predicted octanol–water partition coefficient (Wildman–Crippen LogP) is 2.56. The number of hydrogen-bond acceptors (Lipinski definition) is 7. The van der Waals surface area contributed by atoms with E-state index in [2.05, 4.69) is 4.74 Å². The van der Waals surface area contributed by atoms with Crippen LogP contribution in [0.5, 0.6) is 0 Å². The molecule has 32 heavy (non-hydrogen) atoms. The maximum Gasteiger partial charge on any atom is 0.402 e. The minimum Gasteiger partial charge on any atom is -0.465 e. The van der Waals surface area contributed by atoms with Crippen LogP contribution < -0.4 is 0 Å². The van der Waals surface area contributed by atoms with E-state index in [1.54, 1.807) is 0 Å². The molecule has 2 aliphatic heterocycles. The highest BCUT2D eigenvalue weighted by atomic mass is 32.2.